The maximum Gasteiger partial charge on any atom is 0.252 e. The Hall–Kier alpha value is -0.290. The third kappa shape index (κ3) is 5.25. The monoisotopic (exact) mass is 339 g/mol. The maximum atomic E-state index is 11.7. The standard InChI is InChI=1S/C11H12BrCl2NO2/c12-8-1-2-9(10(14)7-8)11(16)15-4-6-17-5-3-13/h1-2,7H,3-6H2,(H,15,16). The molecule has 1 aromatic carbocycles. The van der Waals surface area contributed by atoms with E-state index in [0.29, 0.717) is 36.2 Å². The second-order valence-electron chi connectivity index (χ2n) is 3.18. The first-order chi connectivity index (χ1) is 8.15. The van der Waals surface area contributed by atoms with Crippen LogP contribution in [0.5, 0.6) is 0 Å². The SMILES string of the molecule is O=C(NCCOCCCl)c1ccc(Br)cc1Cl. The van der Waals surface area contributed by atoms with E-state index >= 15 is 0 Å². The van der Waals surface area contributed by atoms with Crippen molar-refractivity contribution in [3.8, 4) is 0 Å². The number of carbonyl (C=O) groups is 1. The molecule has 1 rings (SSSR count). The molecule has 94 valence electrons. The van der Waals surface area contributed by atoms with Crippen LogP contribution in [0, 0.1) is 0 Å². The number of benzene rings is 1. The van der Waals surface area contributed by atoms with Crippen molar-refractivity contribution in [1.82, 2.24) is 5.32 Å². The third-order valence-electron chi connectivity index (χ3n) is 1.93. The molecule has 0 aliphatic carbocycles. The summed E-state index contributed by atoms with van der Waals surface area (Å²) in [6, 6.07) is 5.12. The van der Waals surface area contributed by atoms with Gasteiger partial charge in [-0.25, -0.2) is 0 Å². The Morgan fingerprint density at radius 3 is 2.82 bits per heavy atom. The van der Waals surface area contributed by atoms with Crippen LogP contribution in [0.15, 0.2) is 22.7 Å². The van der Waals surface area contributed by atoms with Crippen LogP contribution in [0.3, 0.4) is 0 Å². The molecule has 1 N–H and O–H groups in total. The Morgan fingerprint density at radius 1 is 1.41 bits per heavy atom. The zero-order chi connectivity index (χ0) is 12.7. The average Bonchev–Trinajstić information content (AvgIpc) is 2.28. The Balaban J connectivity index is 2.42. The Morgan fingerprint density at radius 2 is 2.18 bits per heavy atom. The van der Waals surface area contributed by atoms with Crippen LogP contribution in [0.2, 0.25) is 5.02 Å². The predicted molar refractivity (Wildman–Crippen MR) is 73.0 cm³/mol. The highest BCUT2D eigenvalue weighted by Gasteiger charge is 2.09. The van der Waals surface area contributed by atoms with E-state index in [0.717, 1.165) is 4.47 Å². The van der Waals surface area contributed by atoms with Crippen molar-refractivity contribution in [2.24, 2.45) is 0 Å². The molecular formula is C11H12BrCl2NO2. The summed E-state index contributed by atoms with van der Waals surface area (Å²) in [4.78, 5) is 11.7. The number of nitrogens with one attached hydrogen (secondary N) is 1. The van der Waals surface area contributed by atoms with E-state index in [1.807, 2.05) is 0 Å². The topological polar surface area (TPSA) is 38.3 Å². The molecule has 0 radical (unpaired) electrons. The summed E-state index contributed by atoms with van der Waals surface area (Å²) in [5.74, 6) is 0.240. The summed E-state index contributed by atoms with van der Waals surface area (Å²) in [6.07, 6.45) is 0. The van der Waals surface area contributed by atoms with Crippen LogP contribution in [0.1, 0.15) is 10.4 Å². The first-order valence-corrected chi connectivity index (χ1v) is 6.72. The van der Waals surface area contributed by atoms with Gasteiger partial charge in [-0.15, -0.1) is 11.6 Å². The number of carbonyl (C=O) groups excluding carboxylic acids is 1. The van der Waals surface area contributed by atoms with Crippen LogP contribution in [0.4, 0.5) is 0 Å². The second kappa shape index (κ2) is 7.93. The molecule has 0 spiro atoms. The van der Waals surface area contributed by atoms with Gasteiger partial charge < -0.3 is 10.1 Å². The van der Waals surface area contributed by atoms with Gasteiger partial charge in [0.05, 0.1) is 23.8 Å². The lowest BCUT2D eigenvalue weighted by molar-refractivity contribution is 0.0923. The normalized spacial score (nSPS) is 10.3. The number of hydrogen-bond acceptors (Lipinski definition) is 2. The summed E-state index contributed by atoms with van der Waals surface area (Å²) >= 11 is 14.7. The molecule has 0 aliphatic heterocycles. The van der Waals surface area contributed by atoms with Gasteiger partial charge in [0.2, 0.25) is 0 Å². The molecule has 0 heterocycles. The summed E-state index contributed by atoms with van der Waals surface area (Å²) in [6.45, 7) is 1.35. The first kappa shape index (κ1) is 14.8. The number of ether oxygens (including phenoxy) is 1. The predicted octanol–water partition coefficient (Wildman–Crippen LogP) is 3.09. The molecule has 0 atom stereocenters. The molecule has 0 saturated carbocycles. The van der Waals surface area contributed by atoms with Gasteiger partial charge in [0.15, 0.2) is 0 Å². The maximum absolute atomic E-state index is 11.7. The van der Waals surface area contributed by atoms with Gasteiger partial charge in [-0.2, -0.15) is 0 Å². The highest BCUT2D eigenvalue weighted by Crippen LogP contribution is 2.21. The van der Waals surface area contributed by atoms with Crippen LogP contribution in [0.25, 0.3) is 0 Å². The van der Waals surface area contributed by atoms with E-state index in [-0.39, 0.29) is 5.91 Å². The van der Waals surface area contributed by atoms with Crippen LogP contribution >= 0.6 is 39.1 Å². The largest absolute Gasteiger partial charge is 0.378 e. The smallest absolute Gasteiger partial charge is 0.252 e. The number of amides is 1. The molecule has 1 aromatic rings. The van der Waals surface area contributed by atoms with Gasteiger partial charge in [0.25, 0.3) is 5.91 Å². The zero-order valence-electron chi connectivity index (χ0n) is 9.01. The van der Waals surface area contributed by atoms with Crippen LogP contribution in [-0.2, 0) is 4.74 Å². The molecule has 0 unspecified atom stereocenters. The summed E-state index contributed by atoms with van der Waals surface area (Å²) < 4.78 is 5.97. The molecule has 0 aliphatic rings. The van der Waals surface area contributed by atoms with Gasteiger partial charge >= 0.3 is 0 Å². The lowest BCUT2D eigenvalue weighted by atomic mass is 10.2. The van der Waals surface area contributed by atoms with Gasteiger partial charge in [-0.1, -0.05) is 27.5 Å². The average molecular weight is 341 g/mol. The van der Waals surface area contributed by atoms with Crippen LogP contribution in [-0.4, -0.2) is 31.5 Å². The summed E-state index contributed by atoms with van der Waals surface area (Å²) in [5, 5.41) is 3.13. The van der Waals surface area contributed by atoms with Crippen molar-refractivity contribution in [3.05, 3.63) is 33.3 Å². The molecule has 0 bridgehead atoms. The van der Waals surface area contributed by atoms with Crippen molar-refractivity contribution >= 4 is 45.0 Å². The van der Waals surface area contributed by atoms with Crippen LogP contribution < -0.4 is 5.32 Å². The Bertz CT molecular complexity index is 388. The van der Waals surface area contributed by atoms with Crippen molar-refractivity contribution in [2.75, 3.05) is 25.6 Å². The van der Waals surface area contributed by atoms with E-state index in [1.54, 1.807) is 18.2 Å². The van der Waals surface area contributed by atoms with Crippen molar-refractivity contribution < 1.29 is 9.53 Å². The minimum atomic E-state index is -0.211. The summed E-state index contributed by atoms with van der Waals surface area (Å²) in [7, 11) is 0. The van der Waals surface area contributed by atoms with E-state index in [1.165, 1.54) is 0 Å². The first-order valence-electron chi connectivity index (χ1n) is 5.02. The Kier molecular flexibility index (Phi) is 6.89. The minimum absolute atomic E-state index is 0.211. The Labute approximate surface area is 119 Å². The molecule has 1 amide bonds. The fraction of sp³-hybridized carbons (Fsp3) is 0.364. The zero-order valence-corrected chi connectivity index (χ0v) is 12.1. The van der Waals surface area contributed by atoms with Gasteiger partial charge in [-0.3, -0.25) is 4.79 Å². The van der Waals surface area contributed by atoms with Gasteiger partial charge in [0, 0.05) is 16.9 Å². The molecule has 0 saturated heterocycles. The third-order valence-corrected chi connectivity index (χ3v) is 2.89. The van der Waals surface area contributed by atoms with Crippen molar-refractivity contribution in [1.29, 1.82) is 0 Å². The lowest BCUT2D eigenvalue weighted by Gasteiger charge is -2.07. The second-order valence-corrected chi connectivity index (χ2v) is 4.88. The number of hydrogen-bond donors (Lipinski definition) is 1. The van der Waals surface area contributed by atoms with Gasteiger partial charge in [0.1, 0.15) is 0 Å². The minimum Gasteiger partial charge on any atom is -0.378 e. The fourth-order valence-corrected chi connectivity index (χ4v) is 2.03. The highest BCUT2D eigenvalue weighted by atomic mass is 79.9. The summed E-state index contributed by atoms with van der Waals surface area (Å²) in [5.41, 5.74) is 0.451. The van der Waals surface area contributed by atoms with Gasteiger partial charge in [-0.05, 0) is 18.2 Å². The molecule has 3 nitrogen and oxygen atoms in total. The molecule has 0 aromatic heterocycles. The molecule has 0 fully saturated rings. The number of alkyl halides is 1. The number of halogens is 3. The molecule has 6 heteroatoms. The fourth-order valence-electron chi connectivity index (χ4n) is 1.16. The quantitative estimate of drug-likeness (QED) is 0.638. The van der Waals surface area contributed by atoms with E-state index in [9.17, 15) is 4.79 Å². The molecular weight excluding hydrogens is 329 g/mol. The van der Waals surface area contributed by atoms with E-state index < -0.39 is 0 Å². The van der Waals surface area contributed by atoms with Crippen molar-refractivity contribution in [3.63, 3.8) is 0 Å². The number of rotatable bonds is 6. The van der Waals surface area contributed by atoms with E-state index in [2.05, 4.69) is 21.2 Å². The molecule has 17 heavy (non-hydrogen) atoms. The van der Waals surface area contributed by atoms with E-state index in [4.69, 9.17) is 27.9 Å². The van der Waals surface area contributed by atoms with Crippen molar-refractivity contribution in [2.45, 2.75) is 0 Å². The lowest BCUT2D eigenvalue weighted by Crippen LogP contribution is -2.27. The highest BCUT2D eigenvalue weighted by molar-refractivity contribution is 9.10.